The van der Waals surface area contributed by atoms with Gasteiger partial charge in [-0.15, -0.1) is 0 Å². The Labute approximate surface area is 172 Å². The summed E-state index contributed by atoms with van der Waals surface area (Å²) in [6.07, 6.45) is 5.70. The first-order chi connectivity index (χ1) is 13.9. The highest BCUT2D eigenvalue weighted by molar-refractivity contribution is 5.73. The van der Waals surface area contributed by atoms with Crippen LogP contribution in [0.3, 0.4) is 0 Å². The lowest BCUT2D eigenvalue weighted by Crippen LogP contribution is -2.34. The summed E-state index contributed by atoms with van der Waals surface area (Å²) in [5.74, 6) is 0.709. The lowest BCUT2D eigenvalue weighted by atomic mass is 9.99. The fraction of sp³-hybridized carbons (Fsp3) is 0.435. The third-order valence-corrected chi connectivity index (χ3v) is 5.62. The van der Waals surface area contributed by atoms with E-state index in [-0.39, 0.29) is 5.91 Å². The summed E-state index contributed by atoms with van der Waals surface area (Å²) in [4.78, 5) is 13.7. The molecule has 1 aliphatic heterocycles. The second kappa shape index (κ2) is 7.85. The van der Waals surface area contributed by atoms with Crippen LogP contribution in [0, 0.1) is 5.92 Å². The summed E-state index contributed by atoms with van der Waals surface area (Å²) in [5, 5.41) is 9.23. The van der Waals surface area contributed by atoms with Crippen LogP contribution >= 0.6 is 0 Å². The van der Waals surface area contributed by atoms with Crippen molar-refractivity contribution >= 4 is 5.91 Å². The highest BCUT2D eigenvalue weighted by Crippen LogP contribution is 2.25. The van der Waals surface area contributed by atoms with Gasteiger partial charge in [0.05, 0.1) is 11.9 Å². The number of nitrogens with zero attached hydrogens (tertiary/aromatic N) is 5. The Morgan fingerprint density at radius 1 is 1.17 bits per heavy atom. The number of aryl methyl sites for hydroxylation is 1. The molecule has 0 radical (unpaired) electrons. The van der Waals surface area contributed by atoms with Crippen molar-refractivity contribution in [3.8, 4) is 11.1 Å². The van der Waals surface area contributed by atoms with Crippen LogP contribution in [0.4, 0.5) is 0 Å². The number of fused-ring (bicyclic) bond motifs is 1. The Bertz CT molecular complexity index is 1010. The first kappa shape index (κ1) is 19.4. The predicted octanol–water partition coefficient (Wildman–Crippen LogP) is 3.44. The Kier molecular flexibility index (Phi) is 5.26. The van der Waals surface area contributed by atoms with E-state index in [1.54, 1.807) is 6.92 Å². The fourth-order valence-electron chi connectivity index (χ4n) is 4.08. The van der Waals surface area contributed by atoms with Crippen molar-refractivity contribution in [2.24, 2.45) is 13.0 Å². The first-order valence-corrected chi connectivity index (χ1v) is 10.3. The van der Waals surface area contributed by atoms with E-state index in [0.717, 1.165) is 37.2 Å². The first-order valence-electron chi connectivity index (χ1n) is 10.3. The van der Waals surface area contributed by atoms with Crippen molar-refractivity contribution in [1.82, 2.24) is 24.5 Å². The summed E-state index contributed by atoms with van der Waals surface area (Å²) in [7, 11) is 2.00. The van der Waals surface area contributed by atoms with Crippen LogP contribution in [0.5, 0.6) is 0 Å². The molecule has 3 aromatic rings. The molecule has 0 spiro atoms. The minimum absolute atomic E-state index is 0.132. The van der Waals surface area contributed by atoms with Gasteiger partial charge in [0.25, 0.3) is 0 Å². The molecule has 0 aliphatic carbocycles. The number of carbonyl (C=O) groups is 1. The molecule has 29 heavy (non-hydrogen) atoms. The monoisotopic (exact) mass is 391 g/mol. The van der Waals surface area contributed by atoms with Gasteiger partial charge >= 0.3 is 0 Å². The summed E-state index contributed by atoms with van der Waals surface area (Å²) >= 11 is 0. The molecule has 3 heterocycles. The minimum Gasteiger partial charge on any atom is -0.338 e. The molecular formula is C23H29N5O. The molecule has 1 aromatic carbocycles. The molecule has 0 saturated heterocycles. The molecule has 152 valence electrons. The van der Waals surface area contributed by atoms with E-state index in [2.05, 4.69) is 49.4 Å². The van der Waals surface area contributed by atoms with Gasteiger partial charge in [-0.1, -0.05) is 38.1 Å². The van der Waals surface area contributed by atoms with Gasteiger partial charge in [-0.2, -0.15) is 10.2 Å². The molecule has 0 bridgehead atoms. The number of hydrogen-bond donors (Lipinski definition) is 0. The zero-order valence-electron chi connectivity index (χ0n) is 17.7. The Hall–Kier alpha value is -2.89. The number of amides is 1. The standard InChI is InChI=1S/C23H29N5O/c1-16(2)13-28-14-20(12-24-28)19-7-5-18(6-8-19)11-22-21-15-27(17(3)29)10-9-23(21)26(4)25-22/h5-8,12,14,16H,9-11,13,15H2,1-4H3. The summed E-state index contributed by atoms with van der Waals surface area (Å²) < 4.78 is 3.99. The van der Waals surface area contributed by atoms with E-state index < -0.39 is 0 Å². The van der Waals surface area contributed by atoms with Crippen molar-refractivity contribution in [3.63, 3.8) is 0 Å². The van der Waals surface area contributed by atoms with Crippen LogP contribution in [-0.4, -0.2) is 36.9 Å². The van der Waals surface area contributed by atoms with Crippen molar-refractivity contribution in [2.75, 3.05) is 6.54 Å². The SMILES string of the molecule is CC(=O)N1CCc2c(c(Cc3ccc(-c4cnn(CC(C)C)c4)cc3)nn2C)C1. The summed E-state index contributed by atoms with van der Waals surface area (Å²) in [6, 6.07) is 8.65. The van der Waals surface area contributed by atoms with E-state index in [4.69, 9.17) is 5.10 Å². The fourth-order valence-corrected chi connectivity index (χ4v) is 4.08. The van der Waals surface area contributed by atoms with Gasteiger partial charge in [0.1, 0.15) is 0 Å². The molecule has 0 N–H and O–H groups in total. The highest BCUT2D eigenvalue weighted by atomic mass is 16.2. The molecule has 6 heteroatoms. The zero-order valence-corrected chi connectivity index (χ0v) is 17.7. The van der Waals surface area contributed by atoms with E-state index in [1.165, 1.54) is 22.4 Å². The molecule has 0 atom stereocenters. The highest BCUT2D eigenvalue weighted by Gasteiger charge is 2.25. The summed E-state index contributed by atoms with van der Waals surface area (Å²) in [6.45, 7) is 8.41. The summed E-state index contributed by atoms with van der Waals surface area (Å²) in [5.41, 5.74) is 7.09. The topological polar surface area (TPSA) is 56.0 Å². The third-order valence-electron chi connectivity index (χ3n) is 5.62. The number of rotatable bonds is 5. The largest absolute Gasteiger partial charge is 0.338 e. The van der Waals surface area contributed by atoms with Gasteiger partial charge in [-0.3, -0.25) is 14.2 Å². The lowest BCUT2D eigenvalue weighted by Gasteiger charge is -2.26. The Morgan fingerprint density at radius 3 is 2.62 bits per heavy atom. The molecular weight excluding hydrogens is 362 g/mol. The average Bonchev–Trinajstić information content (AvgIpc) is 3.26. The van der Waals surface area contributed by atoms with E-state index in [1.807, 2.05) is 27.5 Å². The normalized spacial score (nSPS) is 13.8. The van der Waals surface area contributed by atoms with Crippen LogP contribution in [-0.2, 0) is 37.8 Å². The number of aromatic nitrogens is 4. The molecule has 1 amide bonds. The van der Waals surface area contributed by atoms with Gasteiger partial charge in [-0.25, -0.2) is 0 Å². The predicted molar refractivity (Wildman–Crippen MR) is 113 cm³/mol. The van der Waals surface area contributed by atoms with Crippen molar-refractivity contribution in [3.05, 3.63) is 59.2 Å². The molecule has 0 saturated carbocycles. The minimum atomic E-state index is 0.132. The zero-order chi connectivity index (χ0) is 20.5. The van der Waals surface area contributed by atoms with E-state index in [9.17, 15) is 4.79 Å². The van der Waals surface area contributed by atoms with Gasteiger partial charge in [0, 0.05) is 69.5 Å². The molecule has 2 aromatic heterocycles. The molecule has 0 fully saturated rings. The van der Waals surface area contributed by atoms with E-state index >= 15 is 0 Å². The number of hydrogen-bond acceptors (Lipinski definition) is 3. The van der Waals surface area contributed by atoms with Crippen LogP contribution in [0.25, 0.3) is 11.1 Å². The van der Waals surface area contributed by atoms with Gasteiger partial charge in [-0.05, 0) is 17.0 Å². The average molecular weight is 392 g/mol. The van der Waals surface area contributed by atoms with Crippen LogP contribution in [0.15, 0.2) is 36.7 Å². The molecule has 4 rings (SSSR count). The quantitative estimate of drug-likeness (QED) is 0.669. The van der Waals surface area contributed by atoms with Crippen molar-refractivity contribution in [1.29, 1.82) is 0 Å². The number of benzene rings is 1. The second-order valence-electron chi connectivity index (χ2n) is 8.40. The van der Waals surface area contributed by atoms with E-state index in [0.29, 0.717) is 12.5 Å². The maximum Gasteiger partial charge on any atom is 0.219 e. The Morgan fingerprint density at radius 2 is 1.93 bits per heavy atom. The van der Waals surface area contributed by atoms with Crippen LogP contribution in [0.1, 0.15) is 43.3 Å². The van der Waals surface area contributed by atoms with Crippen molar-refractivity contribution < 1.29 is 4.79 Å². The molecule has 0 unspecified atom stereocenters. The van der Waals surface area contributed by atoms with Gasteiger partial charge < -0.3 is 4.90 Å². The third kappa shape index (κ3) is 4.11. The molecule has 1 aliphatic rings. The van der Waals surface area contributed by atoms with Crippen molar-refractivity contribution in [2.45, 2.75) is 46.7 Å². The number of carbonyl (C=O) groups excluding carboxylic acids is 1. The lowest BCUT2D eigenvalue weighted by molar-refractivity contribution is -0.129. The van der Waals surface area contributed by atoms with Gasteiger partial charge in [0.15, 0.2) is 0 Å². The maximum atomic E-state index is 11.8. The second-order valence-corrected chi connectivity index (χ2v) is 8.40. The van der Waals surface area contributed by atoms with Gasteiger partial charge in [0.2, 0.25) is 5.91 Å². The van der Waals surface area contributed by atoms with Crippen LogP contribution in [0.2, 0.25) is 0 Å². The van der Waals surface area contributed by atoms with Crippen LogP contribution < -0.4 is 0 Å². The maximum absolute atomic E-state index is 11.8. The smallest absolute Gasteiger partial charge is 0.219 e. The molecule has 6 nitrogen and oxygen atoms in total. The Balaban J connectivity index is 1.51.